The molecule has 6 nitrogen and oxygen atoms in total. The molecule has 142 valence electrons. The minimum absolute atomic E-state index is 0.0803. The molecule has 0 saturated heterocycles. The van der Waals surface area contributed by atoms with Crippen LogP contribution in [0.25, 0.3) is 11.1 Å². The molecule has 6 heteroatoms. The first-order valence-corrected chi connectivity index (χ1v) is 9.02. The first-order valence-electron chi connectivity index (χ1n) is 9.02. The van der Waals surface area contributed by atoms with E-state index in [0.717, 1.165) is 27.2 Å². The summed E-state index contributed by atoms with van der Waals surface area (Å²) in [4.78, 5) is 37.4. The van der Waals surface area contributed by atoms with Crippen molar-refractivity contribution < 1.29 is 23.9 Å². The fourth-order valence-electron chi connectivity index (χ4n) is 3.81. The van der Waals surface area contributed by atoms with Crippen molar-refractivity contribution in [2.75, 3.05) is 13.7 Å². The van der Waals surface area contributed by atoms with Gasteiger partial charge in [0.05, 0.1) is 7.11 Å². The summed E-state index contributed by atoms with van der Waals surface area (Å²) in [6.45, 7) is 0.138. The third-order valence-corrected chi connectivity index (χ3v) is 5.17. The Morgan fingerprint density at radius 1 is 1.04 bits per heavy atom. The lowest BCUT2D eigenvalue weighted by molar-refractivity contribution is -0.147. The molecule has 0 spiro atoms. The number of esters is 1. The highest BCUT2D eigenvalue weighted by Gasteiger charge is 2.36. The smallest absolute Gasteiger partial charge is 0.414 e. The van der Waals surface area contributed by atoms with E-state index in [-0.39, 0.29) is 24.7 Å². The molecule has 0 aromatic heterocycles. The van der Waals surface area contributed by atoms with Crippen LogP contribution < -0.4 is 0 Å². The molecule has 0 bridgehead atoms. The van der Waals surface area contributed by atoms with Crippen LogP contribution in [0.1, 0.15) is 23.5 Å². The van der Waals surface area contributed by atoms with Crippen LogP contribution in [0.15, 0.2) is 60.8 Å². The Bertz CT molecular complexity index is 935. The average Bonchev–Trinajstić information content (AvgIpc) is 3.05. The van der Waals surface area contributed by atoms with E-state index in [0.29, 0.717) is 0 Å². The number of allylic oxidation sites excluding steroid dienone is 1. The molecule has 2 aromatic rings. The molecule has 0 N–H and O–H groups in total. The number of nitrogens with zero attached hydrogens (tertiary/aromatic N) is 1. The van der Waals surface area contributed by atoms with Crippen LogP contribution in [0.3, 0.4) is 0 Å². The van der Waals surface area contributed by atoms with Crippen molar-refractivity contribution >= 4 is 17.8 Å². The van der Waals surface area contributed by atoms with Gasteiger partial charge >= 0.3 is 12.1 Å². The molecule has 4 rings (SSSR count). The third kappa shape index (κ3) is 3.07. The average molecular weight is 377 g/mol. The largest absolute Gasteiger partial charge is 0.467 e. The van der Waals surface area contributed by atoms with Crippen molar-refractivity contribution in [3.63, 3.8) is 0 Å². The number of hydrogen-bond acceptors (Lipinski definition) is 5. The van der Waals surface area contributed by atoms with Gasteiger partial charge in [0.2, 0.25) is 0 Å². The maximum atomic E-state index is 12.6. The van der Waals surface area contributed by atoms with Crippen LogP contribution in [-0.2, 0) is 19.1 Å². The lowest BCUT2D eigenvalue weighted by atomic mass is 9.98. The Hall–Kier alpha value is -3.41. The van der Waals surface area contributed by atoms with Gasteiger partial charge in [-0.25, -0.2) is 9.59 Å². The number of hydrogen-bond donors (Lipinski definition) is 0. The van der Waals surface area contributed by atoms with Crippen LogP contribution in [0.2, 0.25) is 0 Å². The third-order valence-electron chi connectivity index (χ3n) is 5.17. The Morgan fingerprint density at radius 2 is 1.64 bits per heavy atom. The maximum Gasteiger partial charge on any atom is 0.414 e. The van der Waals surface area contributed by atoms with Crippen molar-refractivity contribution in [3.05, 3.63) is 71.9 Å². The molecule has 2 aliphatic rings. The molecule has 1 atom stereocenters. The first-order chi connectivity index (χ1) is 13.6. The van der Waals surface area contributed by atoms with Crippen molar-refractivity contribution in [2.24, 2.45) is 0 Å². The number of methoxy groups -OCH3 is 1. The summed E-state index contributed by atoms with van der Waals surface area (Å²) in [5.74, 6) is -0.965. The number of benzene rings is 2. The lowest BCUT2D eigenvalue weighted by Crippen LogP contribution is -2.46. The topological polar surface area (TPSA) is 72.9 Å². The van der Waals surface area contributed by atoms with Crippen molar-refractivity contribution in [2.45, 2.75) is 18.4 Å². The molecule has 0 radical (unpaired) electrons. The van der Waals surface area contributed by atoms with Crippen LogP contribution in [0.4, 0.5) is 4.79 Å². The fourth-order valence-corrected chi connectivity index (χ4v) is 3.81. The number of carbonyl (C=O) groups excluding carboxylic acids is 3. The van der Waals surface area contributed by atoms with E-state index in [1.54, 1.807) is 0 Å². The lowest BCUT2D eigenvalue weighted by Gasteiger charge is -2.28. The monoisotopic (exact) mass is 377 g/mol. The highest BCUT2D eigenvalue weighted by molar-refractivity contribution is 5.97. The number of rotatable bonds is 3. The Kier molecular flexibility index (Phi) is 4.69. The van der Waals surface area contributed by atoms with Gasteiger partial charge in [0, 0.05) is 18.5 Å². The van der Waals surface area contributed by atoms with E-state index in [1.165, 1.54) is 19.4 Å². The molecule has 1 heterocycles. The number of amides is 1. The summed E-state index contributed by atoms with van der Waals surface area (Å²) < 4.78 is 10.3. The molecule has 2 aromatic carbocycles. The van der Waals surface area contributed by atoms with Gasteiger partial charge in [-0.15, -0.1) is 0 Å². The molecular formula is C22H19NO5. The quantitative estimate of drug-likeness (QED) is 0.768. The summed E-state index contributed by atoms with van der Waals surface area (Å²) in [5, 5.41) is 0. The molecule has 28 heavy (non-hydrogen) atoms. The summed E-state index contributed by atoms with van der Waals surface area (Å²) in [6.07, 6.45) is 1.75. The van der Waals surface area contributed by atoms with Crippen molar-refractivity contribution in [3.8, 4) is 11.1 Å². The Labute approximate surface area is 162 Å². The zero-order chi connectivity index (χ0) is 19.7. The standard InChI is InChI=1S/C22H19NO5/c1-27-21(25)20-12-14(24)10-11-23(20)22(26)28-13-19-17-8-4-2-6-15(17)16-7-3-5-9-18(16)19/h2-11,19-20H,12-13H2,1H3/t20-/m0/s1. The number of fused-ring (bicyclic) bond motifs is 3. The van der Waals surface area contributed by atoms with Gasteiger partial charge in [-0.3, -0.25) is 9.69 Å². The summed E-state index contributed by atoms with van der Waals surface area (Å²) in [7, 11) is 1.22. The molecule has 0 fully saturated rings. The summed E-state index contributed by atoms with van der Waals surface area (Å²) in [6, 6.07) is 15.1. The zero-order valence-corrected chi connectivity index (χ0v) is 15.3. The molecule has 0 saturated carbocycles. The highest BCUT2D eigenvalue weighted by Crippen LogP contribution is 2.44. The van der Waals surface area contributed by atoms with Gasteiger partial charge in [0.15, 0.2) is 5.78 Å². The number of ether oxygens (including phenoxy) is 2. The first kappa shape index (κ1) is 18.0. The minimum atomic E-state index is -1.00. The van der Waals surface area contributed by atoms with E-state index in [2.05, 4.69) is 12.1 Å². The fraction of sp³-hybridized carbons (Fsp3) is 0.227. The van der Waals surface area contributed by atoms with Crippen LogP contribution in [0.5, 0.6) is 0 Å². The number of carbonyl (C=O) groups is 3. The normalized spacial score (nSPS) is 17.8. The van der Waals surface area contributed by atoms with Gasteiger partial charge in [-0.05, 0) is 28.3 Å². The highest BCUT2D eigenvalue weighted by atomic mass is 16.6. The molecular weight excluding hydrogens is 358 g/mol. The zero-order valence-electron chi connectivity index (χ0n) is 15.3. The van der Waals surface area contributed by atoms with E-state index in [1.807, 2.05) is 36.4 Å². The van der Waals surface area contributed by atoms with E-state index >= 15 is 0 Å². The summed E-state index contributed by atoms with van der Waals surface area (Å²) >= 11 is 0. The Morgan fingerprint density at radius 3 is 2.25 bits per heavy atom. The molecule has 1 amide bonds. The second-order valence-electron chi connectivity index (χ2n) is 6.74. The van der Waals surface area contributed by atoms with Gasteiger partial charge in [-0.2, -0.15) is 0 Å². The molecule has 0 unspecified atom stereocenters. The van der Waals surface area contributed by atoms with E-state index in [9.17, 15) is 14.4 Å². The van der Waals surface area contributed by atoms with Crippen LogP contribution in [-0.4, -0.2) is 42.5 Å². The molecule has 1 aliphatic heterocycles. The van der Waals surface area contributed by atoms with E-state index in [4.69, 9.17) is 9.47 Å². The van der Waals surface area contributed by atoms with Crippen molar-refractivity contribution in [1.29, 1.82) is 0 Å². The van der Waals surface area contributed by atoms with Crippen molar-refractivity contribution in [1.82, 2.24) is 4.90 Å². The van der Waals surface area contributed by atoms with Gasteiger partial charge in [-0.1, -0.05) is 48.5 Å². The SMILES string of the molecule is COC(=O)[C@@H]1CC(=O)C=CN1C(=O)OCC1c2ccccc2-c2ccccc21. The van der Waals surface area contributed by atoms with Crippen LogP contribution in [0, 0.1) is 0 Å². The number of ketones is 1. The minimum Gasteiger partial charge on any atom is -0.467 e. The van der Waals surface area contributed by atoms with Gasteiger partial charge in [0.1, 0.15) is 12.6 Å². The van der Waals surface area contributed by atoms with E-state index < -0.39 is 18.1 Å². The van der Waals surface area contributed by atoms with Gasteiger partial charge in [0.25, 0.3) is 0 Å². The van der Waals surface area contributed by atoms with Crippen LogP contribution >= 0.6 is 0 Å². The summed E-state index contributed by atoms with van der Waals surface area (Å²) in [5.41, 5.74) is 4.47. The maximum absolute atomic E-state index is 12.6. The predicted octanol–water partition coefficient (Wildman–Crippen LogP) is 3.27. The second kappa shape index (κ2) is 7.31. The second-order valence-corrected chi connectivity index (χ2v) is 6.74. The predicted molar refractivity (Wildman–Crippen MR) is 101 cm³/mol. The van der Waals surface area contributed by atoms with Gasteiger partial charge < -0.3 is 9.47 Å². The molecule has 1 aliphatic carbocycles. The Balaban J connectivity index is 1.54.